The topological polar surface area (TPSA) is 21.3 Å². The van der Waals surface area contributed by atoms with Crippen LogP contribution in [0.2, 0.25) is 5.02 Å². The molecule has 122 valence electrons. The van der Waals surface area contributed by atoms with Gasteiger partial charge in [-0.1, -0.05) is 54.6 Å². The molecule has 0 unspecified atom stereocenters. The van der Waals surface area contributed by atoms with Crippen molar-refractivity contribution in [1.29, 1.82) is 0 Å². The minimum Gasteiger partial charge on any atom is -0.489 e. The summed E-state index contributed by atoms with van der Waals surface area (Å²) < 4.78 is 6.72. The summed E-state index contributed by atoms with van der Waals surface area (Å²) in [6.45, 7) is 4.85. The summed E-state index contributed by atoms with van der Waals surface area (Å²) in [5.41, 5.74) is 2.08. The van der Waals surface area contributed by atoms with Crippen molar-refractivity contribution in [3.63, 3.8) is 0 Å². The van der Waals surface area contributed by atoms with Crippen LogP contribution in [0, 0.1) is 0 Å². The highest BCUT2D eigenvalue weighted by atomic mass is 79.9. The molecule has 0 aromatic heterocycles. The van der Waals surface area contributed by atoms with Gasteiger partial charge in [-0.25, -0.2) is 0 Å². The molecule has 0 saturated heterocycles. The van der Waals surface area contributed by atoms with Gasteiger partial charge in [0.05, 0.1) is 5.02 Å². The van der Waals surface area contributed by atoms with Crippen molar-refractivity contribution in [3.8, 4) is 5.75 Å². The van der Waals surface area contributed by atoms with E-state index in [4.69, 9.17) is 16.3 Å². The van der Waals surface area contributed by atoms with E-state index in [1.165, 1.54) is 10.8 Å². The molecule has 0 aliphatic heterocycles. The fourth-order valence-electron chi connectivity index (χ4n) is 2.58. The Bertz CT molecular complexity index is 879. The molecule has 24 heavy (non-hydrogen) atoms. The molecule has 4 heteroatoms. The minimum atomic E-state index is 0.482. The van der Waals surface area contributed by atoms with E-state index in [0.717, 1.165) is 21.5 Å². The van der Waals surface area contributed by atoms with Crippen LogP contribution >= 0.6 is 27.5 Å². The zero-order valence-electron chi connectivity index (χ0n) is 13.1. The lowest BCUT2D eigenvalue weighted by molar-refractivity contribution is 0.360. The van der Waals surface area contributed by atoms with Gasteiger partial charge in [0.2, 0.25) is 0 Å². The van der Waals surface area contributed by atoms with Crippen molar-refractivity contribution in [3.05, 3.63) is 82.3 Å². The van der Waals surface area contributed by atoms with Crippen molar-refractivity contribution < 1.29 is 4.74 Å². The van der Waals surface area contributed by atoms with Crippen molar-refractivity contribution >= 4 is 44.0 Å². The maximum Gasteiger partial charge on any atom is 0.125 e. The van der Waals surface area contributed by atoms with Gasteiger partial charge in [-0.15, -0.1) is 0 Å². The summed E-state index contributed by atoms with van der Waals surface area (Å²) in [4.78, 5) is 0. The Balaban J connectivity index is 1.93. The van der Waals surface area contributed by atoms with Crippen LogP contribution < -0.4 is 10.1 Å². The Kier molecular flexibility index (Phi) is 5.44. The van der Waals surface area contributed by atoms with Gasteiger partial charge in [0.1, 0.15) is 12.4 Å². The second-order valence-corrected chi connectivity index (χ2v) is 6.61. The average Bonchev–Trinajstić information content (AvgIpc) is 2.61. The summed E-state index contributed by atoms with van der Waals surface area (Å²) in [6, 6.07) is 18.2. The lowest BCUT2D eigenvalue weighted by atomic mass is 10.0. The van der Waals surface area contributed by atoms with E-state index in [0.29, 0.717) is 18.2 Å². The van der Waals surface area contributed by atoms with Crippen molar-refractivity contribution in [2.45, 2.75) is 6.54 Å². The number of ether oxygens (including phenoxy) is 1. The molecule has 3 aromatic carbocycles. The fraction of sp³-hybridized carbons (Fsp3) is 0.100. The maximum absolute atomic E-state index is 6.17. The van der Waals surface area contributed by atoms with Crippen LogP contribution in [0.5, 0.6) is 5.75 Å². The monoisotopic (exact) mass is 401 g/mol. The first-order valence-electron chi connectivity index (χ1n) is 7.62. The Morgan fingerprint density at radius 3 is 2.75 bits per heavy atom. The number of nitrogens with one attached hydrogen (secondary N) is 1. The van der Waals surface area contributed by atoms with E-state index in [1.807, 2.05) is 36.4 Å². The third-order valence-corrected chi connectivity index (χ3v) is 4.98. The minimum absolute atomic E-state index is 0.482. The van der Waals surface area contributed by atoms with E-state index in [1.54, 1.807) is 6.08 Å². The number of anilines is 1. The molecular formula is C20H17BrClNO. The van der Waals surface area contributed by atoms with Crippen LogP contribution in [0.3, 0.4) is 0 Å². The van der Waals surface area contributed by atoms with E-state index in [2.05, 4.69) is 46.0 Å². The van der Waals surface area contributed by atoms with Crippen LogP contribution in [-0.4, -0.2) is 6.61 Å². The molecule has 0 aliphatic carbocycles. The Labute approximate surface area is 155 Å². The zero-order chi connectivity index (χ0) is 16.9. The van der Waals surface area contributed by atoms with Crippen molar-refractivity contribution in [2.75, 3.05) is 11.9 Å². The van der Waals surface area contributed by atoms with Crippen molar-refractivity contribution in [1.82, 2.24) is 0 Å². The summed E-state index contributed by atoms with van der Waals surface area (Å²) in [5.74, 6) is 0.865. The van der Waals surface area contributed by atoms with Crippen LogP contribution in [0.15, 0.2) is 71.7 Å². The quantitative estimate of drug-likeness (QED) is 0.479. The second kappa shape index (κ2) is 7.73. The average molecular weight is 403 g/mol. The third-order valence-electron chi connectivity index (χ3n) is 3.74. The van der Waals surface area contributed by atoms with Gasteiger partial charge < -0.3 is 10.1 Å². The number of benzene rings is 3. The van der Waals surface area contributed by atoms with Gasteiger partial charge in [0.15, 0.2) is 0 Å². The van der Waals surface area contributed by atoms with Gasteiger partial charge >= 0.3 is 0 Å². The molecule has 2 nitrogen and oxygen atoms in total. The molecule has 0 fully saturated rings. The number of hydrogen-bond donors (Lipinski definition) is 1. The molecule has 0 amide bonds. The first kappa shape index (κ1) is 16.9. The predicted octanol–water partition coefficient (Wildman–Crippen LogP) is 6.43. The molecule has 0 heterocycles. The number of halogens is 2. The van der Waals surface area contributed by atoms with Crippen molar-refractivity contribution in [2.24, 2.45) is 0 Å². The molecule has 1 N–H and O–H groups in total. The van der Waals surface area contributed by atoms with E-state index in [-0.39, 0.29) is 0 Å². The lowest BCUT2D eigenvalue weighted by Gasteiger charge is -2.15. The van der Waals surface area contributed by atoms with Gasteiger partial charge in [0.25, 0.3) is 0 Å². The highest BCUT2D eigenvalue weighted by Crippen LogP contribution is 2.30. The molecule has 0 bridgehead atoms. The van der Waals surface area contributed by atoms with E-state index < -0.39 is 0 Å². The van der Waals surface area contributed by atoms with Gasteiger partial charge in [-0.05, 0) is 51.0 Å². The Hall–Kier alpha value is -1.97. The fourth-order valence-corrected chi connectivity index (χ4v) is 3.01. The third kappa shape index (κ3) is 3.74. The van der Waals surface area contributed by atoms with Crippen LogP contribution in [0.1, 0.15) is 5.56 Å². The summed E-state index contributed by atoms with van der Waals surface area (Å²) in [5, 5.41) is 6.47. The first-order chi connectivity index (χ1) is 11.7. The molecule has 3 rings (SSSR count). The molecule has 0 saturated carbocycles. The van der Waals surface area contributed by atoms with Crippen LogP contribution in [0.25, 0.3) is 10.8 Å². The Morgan fingerprint density at radius 2 is 1.96 bits per heavy atom. The van der Waals surface area contributed by atoms with E-state index >= 15 is 0 Å². The smallest absolute Gasteiger partial charge is 0.125 e. The van der Waals surface area contributed by atoms with Crippen LogP contribution in [0.4, 0.5) is 5.69 Å². The summed E-state index contributed by atoms with van der Waals surface area (Å²) in [7, 11) is 0. The second-order valence-electron chi connectivity index (χ2n) is 5.35. The van der Waals surface area contributed by atoms with E-state index in [9.17, 15) is 0 Å². The number of rotatable bonds is 6. The first-order valence-corrected chi connectivity index (χ1v) is 8.79. The SMILES string of the molecule is C=CCOc1ccc2ccccc2c1CNc1ccc(Br)c(Cl)c1. The highest BCUT2D eigenvalue weighted by Gasteiger charge is 2.09. The number of hydrogen-bond acceptors (Lipinski definition) is 2. The highest BCUT2D eigenvalue weighted by molar-refractivity contribution is 9.10. The molecule has 0 atom stereocenters. The summed E-state index contributed by atoms with van der Waals surface area (Å²) >= 11 is 9.58. The largest absolute Gasteiger partial charge is 0.489 e. The lowest BCUT2D eigenvalue weighted by Crippen LogP contribution is -2.04. The van der Waals surface area contributed by atoms with Gasteiger partial charge in [-0.3, -0.25) is 0 Å². The number of fused-ring (bicyclic) bond motifs is 1. The van der Waals surface area contributed by atoms with Gasteiger partial charge in [0, 0.05) is 22.3 Å². The van der Waals surface area contributed by atoms with Crippen LogP contribution in [-0.2, 0) is 6.54 Å². The standard InChI is InChI=1S/C20H17BrClNO/c1-2-11-24-20-10-7-14-5-3-4-6-16(14)17(20)13-23-15-8-9-18(21)19(22)12-15/h2-10,12,23H,1,11,13H2. The Morgan fingerprint density at radius 1 is 1.12 bits per heavy atom. The predicted molar refractivity (Wildman–Crippen MR) is 106 cm³/mol. The molecule has 0 spiro atoms. The summed E-state index contributed by atoms with van der Waals surface area (Å²) in [6.07, 6.45) is 1.75. The van der Waals surface area contributed by atoms with Gasteiger partial charge in [-0.2, -0.15) is 0 Å². The maximum atomic E-state index is 6.17. The zero-order valence-corrected chi connectivity index (χ0v) is 15.4. The molecular weight excluding hydrogens is 386 g/mol. The molecule has 0 radical (unpaired) electrons. The molecule has 3 aromatic rings. The normalized spacial score (nSPS) is 10.6. The molecule has 0 aliphatic rings.